The van der Waals surface area contributed by atoms with Crippen LogP contribution < -0.4 is 10.4 Å². The number of nitrogens with zero attached hydrogens (tertiary/aromatic N) is 1. The number of hydrogen-bond acceptors (Lipinski definition) is 6. The monoisotopic (exact) mass is 392 g/mol. The van der Waals surface area contributed by atoms with Gasteiger partial charge in [-0.25, -0.2) is 0 Å². The molecule has 0 saturated carbocycles. The maximum atomic E-state index is 13.1. The molecular formula is C19H24N2O5S. The molecule has 2 aliphatic rings. The lowest BCUT2D eigenvalue weighted by Crippen LogP contribution is -2.99. The van der Waals surface area contributed by atoms with Crippen molar-refractivity contribution in [1.29, 1.82) is 0 Å². The van der Waals surface area contributed by atoms with Crippen LogP contribution in [0.1, 0.15) is 31.9 Å². The van der Waals surface area contributed by atoms with Gasteiger partial charge in [0, 0.05) is 12.5 Å². The van der Waals surface area contributed by atoms with Gasteiger partial charge >= 0.3 is 0 Å². The van der Waals surface area contributed by atoms with E-state index in [1.54, 1.807) is 37.4 Å². The lowest BCUT2D eigenvalue weighted by molar-refractivity contribution is -0.739. The number of carbonyl (C=O) groups is 3. The van der Waals surface area contributed by atoms with Gasteiger partial charge in [0.2, 0.25) is 11.8 Å². The number of rotatable bonds is 6. The molecule has 0 spiro atoms. The van der Waals surface area contributed by atoms with E-state index in [1.807, 2.05) is 6.26 Å². The molecule has 0 aliphatic carbocycles. The third kappa shape index (κ3) is 2.91. The largest absolute Gasteiger partial charge is 0.544 e. The molecule has 0 unspecified atom stereocenters. The van der Waals surface area contributed by atoms with Crippen molar-refractivity contribution < 1.29 is 29.9 Å². The molecule has 0 aromatic heterocycles. The molecule has 2 fully saturated rings. The van der Waals surface area contributed by atoms with E-state index in [9.17, 15) is 24.6 Å². The summed E-state index contributed by atoms with van der Waals surface area (Å²) in [6.07, 6.45) is 2.06. The summed E-state index contributed by atoms with van der Waals surface area (Å²) in [4.78, 5) is 39.7. The van der Waals surface area contributed by atoms with E-state index in [0.29, 0.717) is 11.3 Å². The molecule has 27 heavy (non-hydrogen) atoms. The molecule has 7 nitrogen and oxygen atoms in total. The number of amides is 2. The van der Waals surface area contributed by atoms with Gasteiger partial charge in [0.25, 0.3) is 0 Å². The zero-order valence-corrected chi connectivity index (χ0v) is 16.4. The first-order valence-corrected chi connectivity index (χ1v) is 10.4. The molecule has 0 bridgehead atoms. The molecule has 146 valence electrons. The Kier molecular flexibility index (Phi) is 5.22. The average Bonchev–Trinajstić information content (AvgIpc) is 3.08. The van der Waals surface area contributed by atoms with Gasteiger partial charge < -0.3 is 20.3 Å². The Morgan fingerprint density at radius 1 is 1.33 bits per heavy atom. The molecule has 1 aromatic rings. The minimum absolute atomic E-state index is 0.0141. The Bertz CT molecular complexity index is 783. The minimum Gasteiger partial charge on any atom is -0.544 e. The van der Waals surface area contributed by atoms with Crippen LogP contribution in [0.15, 0.2) is 24.3 Å². The number of hydrogen-bond donors (Lipinski definition) is 2. The number of para-hydroxylation sites is 1. The number of fused-ring (bicyclic) bond motifs is 1. The lowest BCUT2D eigenvalue weighted by Gasteiger charge is -2.33. The van der Waals surface area contributed by atoms with Crippen molar-refractivity contribution in [2.24, 2.45) is 11.8 Å². The second kappa shape index (κ2) is 7.16. The molecule has 2 saturated heterocycles. The third-order valence-electron chi connectivity index (χ3n) is 5.72. The number of benzene rings is 1. The zero-order valence-electron chi connectivity index (χ0n) is 15.5. The van der Waals surface area contributed by atoms with Gasteiger partial charge in [-0.05, 0) is 38.0 Å². The Labute approximate surface area is 162 Å². The fourth-order valence-corrected chi connectivity index (χ4v) is 5.06. The number of thioether (sulfide) groups is 1. The van der Waals surface area contributed by atoms with Crippen LogP contribution in [0.2, 0.25) is 0 Å². The molecule has 2 aliphatic heterocycles. The van der Waals surface area contributed by atoms with Crippen molar-refractivity contribution in [3.8, 4) is 5.75 Å². The highest BCUT2D eigenvalue weighted by molar-refractivity contribution is 7.98. The van der Waals surface area contributed by atoms with Gasteiger partial charge in [-0.3, -0.25) is 14.5 Å². The maximum Gasteiger partial charge on any atom is 0.240 e. The van der Waals surface area contributed by atoms with Crippen molar-refractivity contribution in [1.82, 2.24) is 4.90 Å². The van der Waals surface area contributed by atoms with Crippen LogP contribution in [0.5, 0.6) is 5.75 Å². The molecule has 0 radical (unpaired) electrons. The second-order valence-electron chi connectivity index (χ2n) is 7.47. The number of imide groups is 1. The van der Waals surface area contributed by atoms with Crippen molar-refractivity contribution in [2.45, 2.75) is 37.9 Å². The predicted octanol–water partition coefficient (Wildman–Crippen LogP) is -0.738. The summed E-state index contributed by atoms with van der Waals surface area (Å²) in [6.45, 7) is 3.47. The average molecular weight is 392 g/mol. The van der Waals surface area contributed by atoms with Crippen LogP contribution in [-0.4, -0.2) is 51.4 Å². The Morgan fingerprint density at radius 2 is 2.00 bits per heavy atom. The van der Waals surface area contributed by atoms with Crippen molar-refractivity contribution in [2.75, 3.05) is 12.0 Å². The van der Waals surface area contributed by atoms with E-state index < -0.39 is 35.3 Å². The fourth-order valence-electron chi connectivity index (χ4n) is 4.51. The van der Waals surface area contributed by atoms with Crippen molar-refractivity contribution >= 4 is 29.5 Å². The highest BCUT2D eigenvalue weighted by Crippen LogP contribution is 2.47. The highest BCUT2D eigenvalue weighted by atomic mass is 32.2. The Morgan fingerprint density at radius 3 is 2.56 bits per heavy atom. The van der Waals surface area contributed by atoms with Gasteiger partial charge in [-0.1, -0.05) is 12.1 Å². The summed E-state index contributed by atoms with van der Waals surface area (Å²) in [7, 11) is 0. The lowest BCUT2D eigenvalue weighted by atomic mass is 9.78. The first-order chi connectivity index (χ1) is 12.8. The molecule has 4 atom stereocenters. The van der Waals surface area contributed by atoms with Crippen LogP contribution in [-0.2, 0) is 14.4 Å². The summed E-state index contributed by atoms with van der Waals surface area (Å²) in [5.41, 5.74) is -1.07. The van der Waals surface area contributed by atoms with Gasteiger partial charge in [0.1, 0.15) is 29.6 Å². The number of aliphatic carboxylic acids is 1. The van der Waals surface area contributed by atoms with Crippen molar-refractivity contribution in [3.05, 3.63) is 29.8 Å². The van der Waals surface area contributed by atoms with Crippen LogP contribution in [0.4, 0.5) is 0 Å². The first kappa shape index (κ1) is 19.7. The van der Waals surface area contributed by atoms with E-state index in [2.05, 4.69) is 0 Å². The number of carbonyl (C=O) groups excluding carboxylic acids is 3. The number of aromatic hydroxyl groups is 1. The fraction of sp³-hybridized carbons (Fsp3) is 0.526. The summed E-state index contributed by atoms with van der Waals surface area (Å²) >= 11 is 1.48. The minimum atomic E-state index is -1.53. The molecule has 3 rings (SSSR count). The molecule has 8 heteroatoms. The van der Waals surface area contributed by atoms with Crippen LogP contribution in [0, 0.1) is 11.8 Å². The summed E-state index contributed by atoms with van der Waals surface area (Å²) in [5.74, 6) is -3.51. The number of phenols is 1. The summed E-state index contributed by atoms with van der Waals surface area (Å²) in [6, 6.07) is 5.54. The van der Waals surface area contributed by atoms with E-state index in [-0.39, 0.29) is 24.1 Å². The molecule has 1 aromatic carbocycles. The number of quaternary nitrogens is 1. The Balaban J connectivity index is 2.16. The van der Waals surface area contributed by atoms with E-state index in [4.69, 9.17) is 0 Å². The molecule has 2 amide bonds. The molecular weight excluding hydrogens is 368 g/mol. The zero-order chi connectivity index (χ0) is 19.9. The topological polar surface area (TPSA) is 114 Å². The van der Waals surface area contributed by atoms with Crippen LogP contribution in [0.3, 0.4) is 0 Å². The normalized spacial score (nSPS) is 30.2. The number of carboxylic acid groups (broad SMARTS) is 1. The highest BCUT2D eigenvalue weighted by Gasteiger charge is 2.69. The smallest absolute Gasteiger partial charge is 0.240 e. The molecule has 2 heterocycles. The van der Waals surface area contributed by atoms with Crippen molar-refractivity contribution in [3.63, 3.8) is 0 Å². The number of phenolic OH excluding ortho intramolecular Hbond substituents is 1. The SMILES string of the molecule is CSCC[C@@]1(C(=O)[O-])[NH2+][C@H](c2ccccc2O)[C@@H]2C(=O)N(C(C)C)C(=O)[C@H]21. The standard InChI is InChI=1S/C19H24N2O5S/c1-10(2)21-16(23)13-14(17(21)24)19(18(25)26,8-9-27-3)20-15(13)11-6-4-5-7-12(11)22/h4-7,10,13-15,20,22H,8-9H2,1-3H3,(H,25,26)/t13-,14+,15-,19-/m1/s1. The van der Waals surface area contributed by atoms with E-state index in [0.717, 1.165) is 0 Å². The van der Waals surface area contributed by atoms with E-state index in [1.165, 1.54) is 22.7 Å². The Hall–Kier alpha value is -2.06. The predicted molar refractivity (Wildman–Crippen MR) is 97.5 cm³/mol. The number of carboxylic acids is 1. The third-order valence-corrected chi connectivity index (χ3v) is 6.33. The van der Waals surface area contributed by atoms with Gasteiger partial charge in [-0.15, -0.1) is 0 Å². The summed E-state index contributed by atoms with van der Waals surface area (Å²) < 4.78 is 0. The van der Waals surface area contributed by atoms with Crippen LogP contribution >= 0.6 is 11.8 Å². The number of nitrogens with two attached hydrogens (primary N) is 1. The first-order valence-electron chi connectivity index (χ1n) is 8.97. The summed E-state index contributed by atoms with van der Waals surface area (Å²) in [5, 5.41) is 24.1. The van der Waals surface area contributed by atoms with E-state index >= 15 is 0 Å². The van der Waals surface area contributed by atoms with Gasteiger partial charge in [0.05, 0.1) is 5.56 Å². The van der Waals surface area contributed by atoms with Gasteiger partial charge in [-0.2, -0.15) is 11.8 Å². The van der Waals surface area contributed by atoms with Crippen LogP contribution in [0.25, 0.3) is 0 Å². The molecule has 3 N–H and O–H groups in total. The quantitative estimate of drug-likeness (QED) is 0.617. The maximum absolute atomic E-state index is 13.1. The second-order valence-corrected chi connectivity index (χ2v) is 8.45. The number of likely N-dealkylation sites (tertiary alicyclic amines) is 1. The van der Waals surface area contributed by atoms with Gasteiger partial charge in [0.15, 0.2) is 5.54 Å².